The zero-order chi connectivity index (χ0) is 18.5. The van der Waals surface area contributed by atoms with Crippen molar-refractivity contribution in [3.63, 3.8) is 0 Å². The normalized spacial score (nSPS) is 16.5. The van der Waals surface area contributed by atoms with E-state index in [1.165, 1.54) is 11.8 Å². The summed E-state index contributed by atoms with van der Waals surface area (Å²) in [5.41, 5.74) is 1.95. The Labute approximate surface area is 162 Å². The summed E-state index contributed by atoms with van der Waals surface area (Å²) in [5, 5.41) is 2.61. The van der Waals surface area contributed by atoms with Crippen LogP contribution in [0, 0.1) is 0 Å². The SMILES string of the molecule is CCOc1cc(/C=C2/SC(=S)NC2=O)ccc1O[C@@H](C)c1ccccc1. The van der Waals surface area contributed by atoms with Gasteiger partial charge in [0.1, 0.15) is 10.4 Å². The molecule has 1 atom stereocenters. The average Bonchev–Trinajstić information content (AvgIpc) is 2.95. The van der Waals surface area contributed by atoms with Gasteiger partial charge in [0.25, 0.3) is 5.91 Å². The van der Waals surface area contributed by atoms with E-state index in [2.05, 4.69) is 5.32 Å². The molecule has 4 nitrogen and oxygen atoms in total. The molecule has 1 fully saturated rings. The molecule has 6 heteroatoms. The molecule has 3 rings (SSSR count). The predicted molar refractivity (Wildman–Crippen MR) is 109 cm³/mol. The van der Waals surface area contributed by atoms with E-state index in [4.69, 9.17) is 21.7 Å². The smallest absolute Gasteiger partial charge is 0.263 e. The van der Waals surface area contributed by atoms with Crippen LogP contribution in [0.25, 0.3) is 6.08 Å². The highest BCUT2D eigenvalue weighted by atomic mass is 32.2. The molecule has 1 N–H and O–H groups in total. The van der Waals surface area contributed by atoms with Gasteiger partial charge in [-0.05, 0) is 43.2 Å². The van der Waals surface area contributed by atoms with E-state index in [1.807, 2.05) is 62.4 Å². The Morgan fingerprint density at radius 2 is 1.96 bits per heavy atom. The highest BCUT2D eigenvalue weighted by Crippen LogP contribution is 2.34. The first kappa shape index (κ1) is 18.5. The molecule has 26 heavy (non-hydrogen) atoms. The number of amides is 1. The molecule has 134 valence electrons. The van der Waals surface area contributed by atoms with Crippen LogP contribution in [0.15, 0.2) is 53.4 Å². The van der Waals surface area contributed by atoms with E-state index in [9.17, 15) is 4.79 Å². The van der Waals surface area contributed by atoms with Crippen LogP contribution in [0.5, 0.6) is 11.5 Å². The fourth-order valence-corrected chi connectivity index (χ4v) is 3.58. The third kappa shape index (κ3) is 4.45. The number of rotatable bonds is 6. The minimum atomic E-state index is -0.170. The number of thioether (sulfide) groups is 1. The van der Waals surface area contributed by atoms with Gasteiger partial charge in [-0.15, -0.1) is 0 Å². The maximum absolute atomic E-state index is 11.8. The number of hydrogen-bond acceptors (Lipinski definition) is 5. The summed E-state index contributed by atoms with van der Waals surface area (Å²) in [7, 11) is 0. The van der Waals surface area contributed by atoms with Gasteiger partial charge in [-0.3, -0.25) is 4.79 Å². The van der Waals surface area contributed by atoms with Crippen LogP contribution in [-0.2, 0) is 4.79 Å². The fraction of sp³-hybridized carbons (Fsp3) is 0.200. The summed E-state index contributed by atoms with van der Waals surface area (Å²) >= 11 is 6.28. The van der Waals surface area contributed by atoms with Crippen molar-refractivity contribution in [1.82, 2.24) is 5.32 Å². The first-order chi connectivity index (χ1) is 12.6. The topological polar surface area (TPSA) is 47.6 Å². The second kappa shape index (κ2) is 8.38. The lowest BCUT2D eigenvalue weighted by Crippen LogP contribution is -2.17. The van der Waals surface area contributed by atoms with Crippen molar-refractivity contribution in [3.8, 4) is 11.5 Å². The average molecular weight is 386 g/mol. The number of ether oxygens (including phenoxy) is 2. The van der Waals surface area contributed by atoms with Crippen molar-refractivity contribution in [2.24, 2.45) is 0 Å². The second-order valence-corrected chi connectivity index (χ2v) is 7.38. The summed E-state index contributed by atoms with van der Waals surface area (Å²) in [6.07, 6.45) is 1.69. The summed E-state index contributed by atoms with van der Waals surface area (Å²) < 4.78 is 12.3. The molecule has 1 saturated heterocycles. The van der Waals surface area contributed by atoms with Crippen LogP contribution >= 0.6 is 24.0 Å². The zero-order valence-corrected chi connectivity index (χ0v) is 16.2. The molecule has 2 aromatic rings. The van der Waals surface area contributed by atoms with E-state index < -0.39 is 0 Å². The van der Waals surface area contributed by atoms with Crippen molar-refractivity contribution in [1.29, 1.82) is 0 Å². The van der Waals surface area contributed by atoms with Crippen LogP contribution in [0.1, 0.15) is 31.1 Å². The molecule has 1 heterocycles. The molecular weight excluding hydrogens is 366 g/mol. The van der Waals surface area contributed by atoms with Gasteiger partial charge in [-0.25, -0.2) is 0 Å². The molecule has 0 spiro atoms. The molecule has 0 radical (unpaired) electrons. The van der Waals surface area contributed by atoms with E-state index in [1.54, 1.807) is 6.08 Å². The first-order valence-corrected chi connectivity index (χ1v) is 9.52. The molecule has 0 unspecified atom stereocenters. The fourth-order valence-electron chi connectivity index (χ4n) is 2.54. The lowest BCUT2D eigenvalue weighted by Gasteiger charge is -2.18. The van der Waals surface area contributed by atoms with Crippen molar-refractivity contribution in [3.05, 3.63) is 64.6 Å². The Morgan fingerprint density at radius 1 is 1.19 bits per heavy atom. The van der Waals surface area contributed by atoms with Gasteiger partial charge in [0.15, 0.2) is 11.5 Å². The maximum Gasteiger partial charge on any atom is 0.263 e. The van der Waals surface area contributed by atoms with Gasteiger partial charge in [0, 0.05) is 0 Å². The molecule has 1 aliphatic heterocycles. The highest BCUT2D eigenvalue weighted by molar-refractivity contribution is 8.26. The summed E-state index contributed by atoms with van der Waals surface area (Å²) in [6.45, 7) is 4.45. The monoisotopic (exact) mass is 385 g/mol. The predicted octanol–water partition coefficient (Wildman–Crippen LogP) is 4.71. The lowest BCUT2D eigenvalue weighted by molar-refractivity contribution is -0.115. The Hall–Kier alpha value is -2.31. The Bertz CT molecular complexity index is 849. The number of hydrogen-bond donors (Lipinski definition) is 1. The van der Waals surface area contributed by atoms with E-state index in [0.29, 0.717) is 27.3 Å². The standard InChI is InChI=1S/C20H19NO3S2/c1-3-23-17-11-14(12-18-19(22)21-20(25)26-18)9-10-16(17)24-13(2)15-7-5-4-6-8-15/h4-13H,3H2,1-2H3,(H,21,22,25)/b18-12+/t13-/m0/s1. The maximum atomic E-state index is 11.8. The third-order valence-corrected chi connectivity index (χ3v) is 4.94. The number of thiocarbonyl (C=S) groups is 1. The van der Waals surface area contributed by atoms with Crippen LogP contribution in [0.2, 0.25) is 0 Å². The first-order valence-electron chi connectivity index (χ1n) is 8.30. The van der Waals surface area contributed by atoms with Crippen molar-refractivity contribution < 1.29 is 14.3 Å². The minimum Gasteiger partial charge on any atom is -0.490 e. The van der Waals surface area contributed by atoms with Crippen LogP contribution in [0.4, 0.5) is 0 Å². The van der Waals surface area contributed by atoms with Crippen LogP contribution in [0.3, 0.4) is 0 Å². The number of carbonyl (C=O) groups is 1. The van der Waals surface area contributed by atoms with Gasteiger partial charge in [0.05, 0.1) is 11.5 Å². The van der Waals surface area contributed by atoms with E-state index in [0.717, 1.165) is 11.1 Å². The Morgan fingerprint density at radius 3 is 2.62 bits per heavy atom. The highest BCUT2D eigenvalue weighted by Gasteiger charge is 2.22. The zero-order valence-electron chi connectivity index (χ0n) is 14.5. The molecule has 0 saturated carbocycles. The summed E-state index contributed by atoms with van der Waals surface area (Å²) in [5.74, 6) is 1.15. The third-order valence-electron chi connectivity index (χ3n) is 3.78. The Balaban J connectivity index is 1.84. The largest absolute Gasteiger partial charge is 0.490 e. The number of benzene rings is 2. The molecule has 2 aromatic carbocycles. The molecule has 0 aromatic heterocycles. The lowest BCUT2D eigenvalue weighted by atomic mass is 10.1. The number of carbonyl (C=O) groups excluding carboxylic acids is 1. The van der Waals surface area contributed by atoms with Crippen molar-refractivity contribution >= 4 is 40.3 Å². The molecule has 1 aliphatic rings. The molecule has 0 bridgehead atoms. The summed E-state index contributed by atoms with van der Waals surface area (Å²) in [4.78, 5) is 12.4. The van der Waals surface area contributed by atoms with E-state index in [-0.39, 0.29) is 12.0 Å². The van der Waals surface area contributed by atoms with Gasteiger partial charge >= 0.3 is 0 Å². The molecule has 0 aliphatic carbocycles. The molecular formula is C20H19NO3S2. The van der Waals surface area contributed by atoms with Crippen molar-refractivity contribution in [2.45, 2.75) is 20.0 Å². The summed E-state index contributed by atoms with van der Waals surface area (Å²) in [6, 6.07) is 15.7. The van der Waals surface area contributed by atoms with Gasteiger partial charge in [0.2, 0.25) is 0 Å². The van der Waals surface area contributed by atoms with Crippen LogP contribution in [-0.4, -0.2) is 16.8 Å². The number of nitrogens with one attached hydrogen (secondary N) is 1. The minimum absolute atomic E-state index is 0.104. The van der Waals surface area contributed by atoms with Crippen LogP contribution < -0.4 is 14.8 Å². The second-order valence-electron chi connectivity index (χ2n) is 5.66. The van der Waals surface area contributed by atoms with Gasteiger partial charge < -0.3 is 14.8 Å². The van der Waals surface area contributed by atoms with E-state index >= 15 is 0 Å². The van der Waals surface area contributed by atoms with Gasteiger partial charge in [-0.1, -0.05) is 60.4 Å². The van der Waals surface area contributed by atoms with Crippen molar-refractivity contribution in [2.75, 3.05) is 6.61 Å². The quantitative estimate of drug-likeness (QED) is 0.576. The van der Waals surface area contributed by atoms with Gasteiger partial charge in [-0.2, -0.15) is 0 Å². The Kier molecular flexibility index (Phi) is 5.96. The molecule has 1 amide bonds.